The van der Waals surface area contributed by atoms with Gasteiger partial charge in [-0.15, -0.1) is 0 Å². The van der Waals surface area contributed by atoms with E-state index in [4.69, 9.17) is 9.47 Å². The van der Waals surface area contributed by atoms with Crippen LogP contribution in [0.1, 0.15) is 39.5 Å². The molecule has 0 amide bonds. The molecule has 0 aromatic carbocycles. The molecule has 108 valence electrons. The molecule has 0 aromatic rings. The Balaban J connectivity index is 2.54. The van der Waals surface area contributed by atoms with Crippen LogP contribution in [0.25, 0.3) is 0 Å². The molecular weight excluding hydrogens is 250 g/mol. The number of hydrogen-bond donors (Lipinski definition) is 0. The lowest BCUT2D eigenvalue weighted by Crippen LogP contribution is -2.39. The number of Topliss-reactive ketones (excluding diaryl/α,β-unsaturated/α-hetero) is 1. The van der Waals surface area contributed by atoms with E-state index in [-0.39, 0.29) is 18.6 Å². The van der Waals surface area contributed by atoms with Crippen LogP contribution in [0.4, 0.5) is 0 Å². The first-order chi connectivity index (χ1) is 8.98. The van der Waals surface area contributed by atoms with Crippen LogP contribution in [-0.4, -0.2) is 35.7 Å². The van der Waals surface area contributed by atoms with Gasteiger partial charge in [-0.3, -0.25) is 14.9 Å². The molecule has 1 fully saturated rings. The Bertz CT molecular complexity index is 347. The molecule has 0 aromatic heterocycles. The molecule has 0 saturated carbocycles. The van der Waals surface area contributed by atoms with E-state index in [9.17, 15) is 14.9 Å². The first-order valence-electron chi connectivity index (χ1n) is 6.57. The molecule has 1 unspecified atom stereocenters. The van der Waals surface area contributed by atoms with E-state index in [0.717, 1.165) is 6.42 Å². The molecule has 6 heteroatoms. The summed E-state index contributed by atoms with van der Waals surface area (Å²) < 4.78 is 10.6. The molecule has 1 aliphatic rings. The van der Waals surface area contributed by atoms with Gasteiger partial charge >= 0.3 is 0 Å². The van der Waals surface area contributed by atoms with Gasteiger partial charge in [0.05, 0.1) is 19.6 Å². The van der Waals surface area contributed by atoms with Crippen molar-refractivity contribution in [2.75, 3.05) is 13.2 Å². The molecule has 0 bridgehead atoms. The Morgan fingerprint density at radius 2 is 2.05 bits per heavy atom. The van der Waals surface area contributed by atoms with Gasteiger partial charge in [0.2, 0.25) is 5.78 Å². The van der Waals surface area contributed by atoms with Gasteiger partial charge < -0.3 is 9.47 Å². The summed E-state index contributed by atoms with van der Waals surface area (Å²) in [5, 5.41) is 11.0. The molecule has 0 aliphatic carbocycles. The van der Waals surface area contributed by atoms with Gasteiger partial charge in [-0.25, -0.2) is 0 Å². The molecule has 19 heavy (non-hydrogen) atoms. The van der Waals surface area contributed by atoms with Crippen molar-refractivity contribution in [3.63, 3.8) is 0 Å². The van der Waals surface area contributed by atoms with Crippen molar-refractivity contribution >= 4 is 5.78 Å². The number of hydrogen-bond acceptors (Lipinski definition) is 5. The molecule has 1 rings (SSSR count). The van der Waals surface area contributed by atoms with Crippen LogP contribution in [0, 0.1) is 10.1 Å². The summed E-state index contributed by atoms with van der Waals surface area (Å²) in [4.78, 5) is 22.4. The Morgan fingerprint density at radius 1 is 1.42 bits per heavy atom. The highest BCUT2D eigenvalue weighted by molar-refractivity contribution is 5.83. The fourth-order valence-corrected chi connectivity index (χ4v) is 2.01. The van der Waals surface area contributed by atoms with Crippen molar-refractivity contribution in [1.29, 1.82) is 0 Å². The van der Waals surface area contributed by atoms with E-state index >= 15 is 0 Å². The van der Waals surface area contributed by atoms with Gasteiger partial charge in [-0.2, -0.15) is 0 Å². The zero-order chi connectivity index (χ0) is 14.3. The van der Waals surface area contributed by atoms with E-state index in [1.54, 1.807) is 6.92 Å². The molecule has 6 nitrogen and oxygen atoms in total. The molecular formula is C13H21NO5. The minimum absolute atomic E-state index is 0.0314. The molecule has 1 saturated heterocycles. The summed E-state index contributed by atoms with van der Waals surface area (Å²) in [5.74, 6) is -1.38. The van der Waals surface area contributed by atoms with Gasteiger partial charge in [0.1, 0.15) is 0 Å². The summed E-state index contributed by atoms with van der Waals surface area (Å²) >= 11 is 0. The van der Waals surface area contributed by atoms with Crippen molar-refractivity contribution in [3.8, 4) is 0 Å². The second-order valence-corrected chi connectivity index (χ2v) is 4.72. The van der Waals surface area contributed by atoms with Crippen molar-refractivity contribution in [1.82, 2.24) is 0 Å². The van der Waals surface area contributed by atoms with Crippen molar-refractivity contribution in [2.45, 2.75) is 51.4 Å². The highest BCUT2D eigenvalue weighted by atomic mass is 16.7. The van der Waals surface area contributed by atoms with Crippen LogP contribution in [0.5, 0.6) is 0 Å². The SMILES string of the molecule is CC/C=C\CCC(=O)C(CC1(C)OCCO1)[N+](=O)[O-]. The van der Waals surface area contributed by atoms with Crippen LogP contribution in [0.3, 0.4) is 0 Å². The van der Waals surface area contributed by atoms with Crippen LogP contribution >= 0.6 is 0 Å². The summed E-state index contributed by atoms with van der Waals surface area (Å²) in [7, 11) is 0. The first kappa shape index (κ1) is 15.8. The lowest BCUT2D eigenvalue weighted by atomic mass is 10.0. The smallest absolute Gasteiger partial charge is 0.275 e. The van der Waals surface area contributed by atoms with Crippen LogP contribution < -0.4 is 0 Å². The summed E-state index contributed by atoms with van der Waals surface area (Å²) in [6.07, 6.45) is 5.40. The average Bonchev–Trinajstić information content (AvgIpc) is 2.78. The minimum atomic E-state index is -1.25. The fraction of sp³-hybridized carbons (Fsp3) is 0.769. The van der Waals surface area contributed by atoms with E-state index in [1.807, 2.05) is 19.1 Å². The van der Waals surface area contributed by atoms with Gasteiger partial charge in [-0.05, 0) is 19.8 Å². The first-order valence-corrected chi connectivity index (χ1v) is 6.57. The van der Waals surface area contributed by atoms with E-state index in [1.165, 1.54) is 0 Å². The maximum absolute atomic E-state index is 11.9. The summed E-state index contributed by atoms with van der Waals surface area (Å²) in [6, 6.07) is -1.25. The van der Waals surface area contributed by atoms with E-state index in [2.05, 4.69) is 0 Å². The molecule has 1 aliphatic heterocycles. The quantitative estimate of drug-likeness (QED) is 0.384. The zero-order valence-corrected chi connectivity index (χ0v) is 11.5. The average molecular weight is 271 g/mol. The number of nitrogens with zero attached hydrogens (tertiary/aromatic N) is 1. The minimum Gasteiger partial charge on any atom is -0.348 e. The van der Waals surface area contributed by atoms with Crippen LogP contribution in [-0.2, 0) is 14.3 Å². The number of rotatable bonds is 8. The maximum atomic E-state index is 11.9. The predicted molar refractivity (Wildman–Crippen MR) is 69.4 cm³/mol. The lowest BCUT2D eigenvalue weighted by molar-refractivity contribution is -0.514. The second-order valence-electron chi connectivity index (χ2n) is 4.72. The van der Waals surface area contributed by atoms with Gasteiger partial charge in [0, 0.05) is 11.3 Å². The molecule has 0 N–H and O–H groups in total. The number of ketones is 1. The van der Waals surface area contributed by atoms with Crippen molar-refractivity contribution < 1.29 is 19.2 Å². The van der Waals surface area contributed by atoms with Crippen LogP contribution in [0.15, 0.2) is 12.2 Å². The number of nitro groups is 1. The third kappa shape index (κ3) is 5.08. The zero-order valence-electron chi connectivity index (χ0n) is 11.5. The largest absolute Gasteiger partial charge is 0.348 e. The maximum Gasteiger partial charge on any atom is 0.275 e. The summed E-state index contributed by atoms with van der Waals surface area (Å²) in [6.45, 7) is 4.46. The monoisotopic (exact) mass is 271 g/mol. The molecule has 0 radical (unpaired) electrons. The number of carbonyl (C=O) groups is 1. The fourth-order valence-electron chi connectivity index (χ4n) is 2.01. The molecule has 1 atom stereocenters. The molecule has 1 heterocycles. The third-order valence-corrected chi connectivity index (χ3v) is 3.05. The normalized spacial score (nSPS) is 19.7. The van der Waals surface area contributed by atoms with E-state index < -0.39 is 16.8 Å². The van der Waals surface area contributed by atoms with Crippen molar-refractivity contribution in [3.05, 3.63) is 22.3 Å². The van der Waals surface area contributed by atoms with E-state index in [0.29, 0.717) is 19.6 Å². The van der Waals surface area contributed by atoms with Gasteiger partial charge in [0.25, 0.3) is 6.04 Å². The topological polar surface area (TPSA) is 78.7 Å². The number of allylic oxidation sites excluding steroid dienone is 2. The second kappa shape index (κ2) is 7.35. The predicted octanol–water partition coefficient (Wildman–Crippen LogP) is 2.10. The highest BCUT2D eigenvalue weighted by Crippen LogP contribution is 2.26. The Kier molecular flexibility index (Phi) is 6.11. The van der Waals surface area contributed by atoms with Gasteiger partial charge in [0.15, 0.2) is 5.79 Å². The third-order valence-electron chi connectivity index (χ3n) is 3.05. The Labute approximate surface area is 112 Å². The number of ether oxygens (including phenoxy) is 2. The number of carbonyl (C=O) groups excluding carboxylic acids is 1. The Hall–Kier alpha value is -1.27. The van der Waals surface area contributed by atoms with Crippen LogP contribution in [0.2, 0.25) is 0 Å². The van der Waals surface area contributed by atoms with Gasteiger partial charge in [-0.1, -0.05) is 19.1 Å². The van der Waals surface area contributed by atoms with Crippen molar-refractivity contribution in [2.24, 2.45) is 0 Å². The molecule has 0 spiro atoms. The lowest BCUT2D eigenvalue weighted by Gasteiger charge is -2.23. The summed E-state index contributed by atoms with van der Waals surface area (Å²) in [5.41, 5.74) is 0. The standard InChI is InChI=1S/C13H21NO5/c1-3-4-5-6-7-12(15)11(14(16)17)10-13(2)18-8-9-19-13/h4-5,11H,3,6-10H2,1-2H3/b5-4-. The highest BCUT2D eigenvalue weighted by Gasteiger charge is 2.41. The Morgan fingerprint density at radius 3 is 2.58 bits per heavy atom.